The lowest BCUT2D eigenvalue weighted by Gasteiger charge is -2.39. The van der Waals surface area contributed by atoms with Crippen LogP contribution in [-0.4, -0.2) is 34.2 Å². The maximum absolute atomic E-state index is 12.7. The van der Waals surface area contributed by atoms with Gasteiger partial charge in [-0.25, -0.2) is 0 Å². The second-order valence-corrected chi connectivity index (χ2v) is 13.7. The van der Waals surface area contributed by atoms with Crippen molar-refractivity contribution in [1.29, 1.82) is 0 Å². The maximum atomic E-state index is 12.7. The van der Waals surface area contributed by atoms with Gasteiger partial charge in [0.2, 0.25) is 0 Å². The molecule has 5 heteroatoms. The van der Waals surface area contributed by atoms with Crippen molar-refractivity contribution in [2.45, 2.75) is 72.1 Å². The molecule has 0 heterocycles. The Bertz CT molecular complexity index is 444. The molecule has 24 heavy (non-hydrogen) atoms. The molecule has 0 aromatic carbocycles. The summed E-state index contributed by atoms with van der Waals surface area (Å²) < 4.78 is 10.1. The molecule has 1 fully saturated rings. The van der Waals surface area contributed by atoms with Crippen LogP contribution in [0.15, 0.2) is 0 Å². The molecule has 1 saturated carbocycles. The van der Waals surface area contributed by atoms with E-state index in [1.54, 1.807) is 0 Å². The normalized spacial score (nSPS) is 25.3. The standard InChI is InChI=1S/C19H36O4Si/c1-9-24(10-2,11-3)13-15-12-19(16(20)22-7,17(21)23-8)18(5,6)14(15)4/h14-15H,9-13H2,1-8H3/t14-,15-/m0/s1. The second kappa shape index (κ2) is 7.59. The van der Waals surface area contributed by atoms with Gasteiger partial charge in [-0.1, -0.05) is 65.7 Å². The zero-order valence-corrected chi connectivity index (χ0v) is 17.8. The lowest BCUT2D eigenvalue weighted by molar-refractivity contribution is -0.177. The van der Waals surface area contributed by atoms with Crippen LogP contribution in [0.1, 0.15) is 48.0 Å². The Labute approximate surface area is 148 Å². The molecule has 0 unspecified atom stereocenters. The predicted octanol–water partition coefficient (Wildman–Crippen LogP) is 4.51. The van der Waals surface area contributed by atoms with Crippen LogP contribution in [0, 0.1) is 22.7 Å². The minimum atomic E-state index is -1.34. The summed E-state index contributed by atoms with van der Waals surface area (Å²) in [5, 5.41) is 0. The van der Waals surface area contributed by atoms with Crippen LogP contribution in [0.4, 0.5) is 0 Å². The molecule has 0 bridgehead atoms. The zero-order valence-electron chi connectivity index (χ0n) is 16.8. The smallest absolute Gasteiger partial charge is 0.323 e. The third kappa shape index (κ3) is 3.04. The highest BCUT2D eigenvalue weighted by Crippen LogP contribution is 2.61. The van der Waals surface area contributed by atoms with Gasteiger partial charge in [-0.3, -0.25) is 9.59 Å². The van der Waals surface area contributed by atoms with E-state index in [4.69, 9.17) is 9.47 Å². The fourth-order valence-corrected chi connectivity index (χ4v) is 8.90. The molecular weight excluding hydrogens is 320 g/mol. The monoisotopic (exact) mass is 356 g/mol. The van der Waals surface area contributed by atoms with E-state index in [0.717, 1.165) is 0 Å². The maximum Gasteiger partial charge on any atom is 0.323 e. The van der Waals surface area contributed by atoms with E-state index >= 15 is 0 Å². The Hall–Kier alpha value is -0.843. The number of methoxy groups -OCH3 is 2. The number of hydrogen-bond acceptors (Lipinski definition) is 4. The first-order chi connectivity index (χ1) is 11.1. The van der Waals surface area contributed by atoms with Crippen molar-refractivity contribution < 1.29 is 19.1 Å². The Balaban J connectivity index is 3.32. The minimum absolute atomic E-state index is 0.271. The first-order valence-electron chi connectivity index (χ1n) is 9.29. The van der Waals surface area contributed by atoms with Crippen molar-refractivity contribution in [3.63, 3.8) is 0 Å². The van der Waals surface area contributed by atoms with Crippen LogP contribution in [0.2, 0.25) is 24.2 Å². The summed E-state index contributed by atoms with van der Waals surface area (Å²) in [6.07, 6.45) is 0.551. The van der Waals surface area contributed by atoms with Gasteiger partial charge in [0, 0.05) is 0 Å². The van der Waals surface area contributed by atoms with Crippen LogP contribution < -0.4 is 0 Å². The van der Waals surface area contributed by atoms with Crippen molar-refractivity contribution >= 4 is 20.0 Å². The fourth-order valence-electron chi connectivity index (χ4n) is 4.92. The fraction of sp³-hybridized carbons (Fsp3) is 0.895. The van der Waals surface area contributed by atoms with Crippen molar-refractivity contribution in [3.8, 4) is 0 Å². The Kier molecular flexibility index (Phi) is 6.70. The summed E-state index contributed by atoms with van der Waals surface area (Å²) >= 11 is 0. The third-order valence-electron chi connectivity index (χ3n) is 7.53. The first kappa shape index (κ1) is 21.2. The molecule has 0 saturated heterocycles. The highest BCUT2D eigenvalue weighted by molar-refractivity contribution is 6.79. The van der Waals surface area contributed by atoms with Crippen LogP contribution in [0.5, 0.6) is 0 Å². The highest BCUT2D eigenvalue weighted by Gasteiger charge is 2.67. The van der Waals surface area contributed by atoms with Gasteiger partial charge in [0.1, 0.15) is 0 Å². The molecule has 0 N–H and O–H groups in total. The second-order valence-electron chi connectivity index (χ2n) is 8.13. The number of hydrogen-bond donors (Lipinski definition) is 0. The highest BCUT2D eigenvalue weighted by atomic mass is 28.3. The van der Waals surface area contributed by atoms with E-state index in [2.05, 4.69) is 27.7 Å². The van der Waals surface area contributed by atoms with Gasteiger partial charge in [0.05, 0.1) is 22.3 Å². The number of ether oxygens (including phenoxy) is 2. The molecule has 4 nitrogen and oxygen atoms in total. The summed E-state index contributed by atoms with van der Waals surface area (Å²) in [5.74, 6) is -0.243. The molecule has 1 aliphatic carbocycles. The van der Waals surface area contributed by atoms with Gasteiger partial charge in [-0.05, 0) is 23.7 Å². The molecule has 0 aromatic heterocycles. The van der Waals surface area contributed by atoms with Crippen molar-refractivity contribution in [1.82, 2.24) is 0 Å². The largest absolute Gasteiger partial charge is 0.468 e. The topological polar surface area (TPSA) is 52.6 Å². The molecule has 2 atom stereocenters. The molecule has 1 rings (SSSR count). The van der Waals surface area contributed by atoms with E-state index in [1.807, 2.05) is 13.8 Å². The van der Waals surface area contributed by atoms with Gasteiger partial charge in [-0.2, -0.15) is 0 Å². The number of carbonyl (C=O) groups is 2. The average molecular weight is 357 g/mol. The van der Waals surface area contributed by atoms with E-state index in [-0.39, 0.29) is 5.92 Å². The van der Waals surface area contributed by atoms with E-state index in [9.17, 15) is 9.59 Å². The first-order valence-corrected chi connectivity index (χ1v) is 12.1. The molecule has 0 radical (unpaired) electrons. The van der Waals surface area contributed by atoms with Crippen LogP contribution in [0.25, 0.3) is 0 Å². The predicted molar refractivity (Wildman–Crippen MR) is 99.5 cm³/mol. The van der Waals surface area contributed by atoms with E-state index < -0.39 is 30.8 Å². The van der Waals surface area contributed by atoms with Gasteiger partial charge in [0.25, 0.3) is 0 Å². The van der Waals surface area contributed by atoms with Crippen molar-refractivity contribution in [2.24, 2.45) is 22.7 Å². The number of rotatable bonds is 7. The Morgan fingerprint density at radius 3 is 1.75 bits per heavy atom. The Morgan fingerprint density at radius 1 is 1.00 bits per heavy atom. The van der Waals surface area contributed by atoms with Crippen LogP contribution in [0.3, 0.4) is 0 Å². The average Bonchev–Trinajstić information content (AvgIpc) is 2.79. The van der Waals surface area contributed by atoms with Gasteiger partial charge >= 0.3 is 11.9 Å². The van der Waals surface area contributed by atoms with Crippen LogP contribution in [-0.2, 0) is 19.1 Å². The summed E-state index contributed by atoms with van der Waals surface area (Å²) in [7, 11) is 1.39. The van der Waals surface area contributed by atoms with E-state index in [0.29, 0.717) is 12.3 Å². The lowest BCUT2D eigenvalue weighted by Crippen LogP contribution is -2.50. The lowest BCUT2D eigenvalue weighted by atomic mass is 9.64. The minimum Gasteiger partial charge on any atom is -0.468 e. The van der Waals surface area contributed by atoms with Gasteiger partial charge in [0.15, 0.2) is 5.41 Å². The van der Waals surface area contributed by atoms with Crippen LogP contribution >= 0.6 is 0 Å². The third-order valence-corrected chi connectivity index (χ3v) is 13.4. The molecule has 140 valence electrons. The van der Waals surface area contributed by atoms with Gasteiger partial charge < -0.3 is 9.47 Å². The SMILES string of the molecule is CC[Si](CC)(CC)C[C@@H]1CC(C(=O)OC)(C(=O)OC)C(C)(C)[C@H]1C. The summed E-state index contributed by atoms with van der Waals surface area (Å²) in [5.41, 5.74) is -1.66. The van der Waals surface area contributed by atoms with E-state index in [1.165, 1.54) is 38.4 Å². The molecule has 0 aliphatic heterocycles. The number of esters is 2. The molecule has 0 spiro atoms. The summed E-state index contributed by atoms with van der Waals surface area (Å²) in [6, 6.07) is 4.95. The summed E-state index contributed by atoms with van der Waals surface area (Å²) in [6.45, 7) is 13.2. The molecule has 1 aliphatic rings. The Morgan fingerprint density at radius 2 is 1.42 bits per heavy atom. The van der Waals surface area contributed by atoms with Crippen molar-refractivity contribution in [2.75, 3.05) is 14.2 Å². The zero-order chi connectivity index (χ0) is 18.8. The molecular formula is C19H36O4Si. The molecule has 0 amide bonds. The summed E-state index contributed by atoms with van der Waals surface area (Å²) in [4.78, 5) is 25.4. The number of carbonyl (C=O) groups excluding carboxylic acids is 2. The molecule has 0 aromatic rings. The van der Waals surface area contributed by atoms with Gasteiger partial charge in [-0.15, -0.1) is 0 Å². The quantitative estimate of drug-likeness (QED) is 0.382. The van der Waals surface area contributed by atoms with Crippen molar-refractivity contribution in [3.05, 3.63) is 0 Å².